The number of hydrogen-bond donors (Lipinski definition) is 1. The molecule has 1 aromatic heterocycles. The molecule has 5 nitrogen and oxygen atoms in total. The summed E-state index contributed by atoms with van der Waals surface area (Å²) >= 11 is 13.3. The zero-order valence-electron chi connectivity index (χ0n) is 14.5. The van der Waals surface area contributed by atoms with Gasteiger partial charge in [-0.3, -0.25) is 9.36 Å². The average Bonchev–Trinajstić information content (AvgIpc) is 3.07. The van der Waals surface area contributed by atoms with Crippen molar-refractivity contribution in [2.45, 2.75) is 11.7 Å². The number of allylic oxidation sites excluding steroid dienone is 1. The average molecular weight is 437 g/mol. The Balaban J connectivity index is 1.73. The third kappa shape index (κ3) is 4.92. The molecule has 0 bridgehead atoms. The van der Waals surface area contributed by atoms with Crippen LogP contribution in [-0.2, 0) is 11.3 Å². The van der Waals surface area contributed by atoms with Crippen molar-refractivity contribution in [3.05, 3.63) is 71.0 Å². The van der Waals surface area contributed by atoms with Gasteiger partial charge in [0.15, 0.2) is 11.0 Å². The first-order valence-electron chi connectivity index (χ1n) is 8.15. The number of nitrogens with zero attached hydrogens (tertiary/aromatic N) is 3. The Hall–Kier alpha value is -2.35. The van der Waals surface area contributed by atoms with Gasteiger partial charge in [-0.25, -0.2) is 4.39 Å². The smallest absolute Gasteiger partial charge is 0.234 e. The Labute approximate surface area is 175 Å². The molecule has 0 aliphatic rings. The fourth-order valence-corrected chi connectivity index (χ4v) is 3.44. The summed E-state index contributed by atoms with van der Waals surface area (Å²) in [6, 6.07) is 10.8. The highest BCUT2D eigenvalue weighted by atomic mass is 35.5. The number of rotatable bonds is 7. The van der Waals surface area contributed by atoms with Gasteiger partial charge in [0.1, 0.15) is 5.82 Å². The number of benzene rings is 2. The summed E-state index contributed by atoms with van der Waals surface area (Å²) in [4.78, 5) is 12.2. The number of anilines is 1. The molecule has 1 N–H and O–H groups in total. The molecule has 0 spiro atoms. The molecule has 0 saturated carbocycles. The van der Waals surface area contributed by atoms with Crippen molar-refractivity contribution in [1.82, 2.24) is 14.8 Å². The Bertz CT molecular complexity index is 1010. The number of amides is 1. The van der Waals surface area contributed by atoms with Crippen LogP contribution in [0.2, 0.25) is 10.0 Å². The second kappa shape index (κ2) is 9.23. The highest BCUT2D eigenvalue weighted by Crippen LogP contribution is 2.29. The van der Waals surface area contributed by atoms with Crippen molar-refractivity contribution in [3.8, 4) is 11.4 Å². The molecule has 0 saturated heterocycles. The van der Waals surface area contributed by atoms with Crippen LogP contribution in [0.4, 0.5) is 10.1 Å². The number of halogens is 3. The molecule has 0 atom stereocenters. The van der Waals surface area contributed by atoms with Gasteiger partial charge >= 0.3 is 0 Å². The molecule has 0 unspecified atom stereocenters. The maximum Gasteiger partial charge on any atom is 0.234 e. The molecule has 0 fully saturated rings. The molecule has 28 heavy (non-hydrogen) atoms. The predicted octanol–water partition coefficient (Wildman–Crippen LogP) is 5.31. The number of thioether (sulfide) groups is 1. The van der Waals surface area contributed by atoms with E-state index in [-0.39, 0.29) is 17.5 Å². The molecule has 0 aliphatic heterocycles. The SMILES string of the molecule is C=CCn1c(SCC(=O)Nc2ccc(F)cc2)nnc1-c1ccc(Cl)c(Cl)c1. The summed E-state index contributed by atoms with van der Waals surface area (Å²) in [5.41, 5.74) is 1.28. The maximum absolute atomic E-state index is 12.9. The van der Waals surface area contributed by atoms with E-state index in [1.165, 1.54) is 36.0 Å². The topological polar surface area (TPSA) is 59.8 Å². The van der Waals surface area contributed by atoms with Gasteiger partial charge in [0, 0.05) is 17.8 Å². The van der Waals surface area contributed by atoms with Gasteiger partial charge < -0.3 is 5.32 Å². The van der Waals surface area contributed by atoms with Crippen LogP contribution >= 0.6 is 35.0 Å². The summed E-state index contributed by atoms with van der Waals surface area (Å²) < 4.78 is 14.8. The molecule has 3 rings (SSSR count). The molecule has 144 valence electrons. The quantitative estimate of drug-likeness (QED) is 0.402. The summed E-state index contributed by atoms with van der Waals surface area (Å²) in [6.45, 7) is 4.22. The van der Waals surface area contributed by atoms with E-state index >= 15 is 0 Å². The molecular formula is C19H15Cl2FN4OS. The number of carbonyl (C=O) groups excluding carboxylic acids is 1. The van der Waals surface area contributed by atoms with Crippen LogP contribution in [0.15, 0.2) is 60.3 Å². The van der Waals surface area contributed by atoms with Gasteiger partial charge in [0.25, 0.3) is 0 Å². The third-order valence-corrected chi connectivity index (χ3v) is 5.37. The summed E-state index contributed by atoms with van der Waals surface area (Å²) in [7, 11) is 0. The van der Waals surface area contributed by atoms with E-state index in [9.17, 15) is 9.18 Å². The predicted molar refractivity (Wildman–Crippen MR) is 111 cm³/mol. The van der Waals surface area contributed by atoms with Gasteiger partial charge in [-0.1, -0.05) is 41.0 Å². The van der Waals surface area contributed by atoms with Crippen molar-refractivity contribution >= 4 is 46.6 Å². The minimum absolute atomic E-state index is 0.119. The van der Waals surface area contributed by atoms with Crippen LogP contribution in [-0.4, -0.2) is 26.4 Å². The molecule has 1 amide bonds. The third-order valence-electron chi connectivity index (χ3n) is 3.67. The van der Waals surface area contributed by atoms with E-state index in [0.29, 0.717) is 33.3 Å². The van der Waals surface area contributed by atoms with Crippen LogP contribution in [0.25, 0.3) is 11.4 Å². The monoisotopic (exact) mass is 436 g/mol. The van der Waals surface area contributed by atoms with E-state index in [1.54, 1.807) is 24.3 Å². The Morgan fingerprint density at radius 2 is 1.93 bits per heavy atom. The fraction of sp³-hybridized carbons (Fsp3) is 0.105. The standard InChI is InChI=1S/C19H15Cl2FN4OS/c1-2-9-26-18(12-3-8-15(20)16(21)10-12)24-25-19(26)28-11-17(27)23-14-6-4-13(22)5-7-14/h2-8,10H,1,9,11H2,(H,23,27). The molecule has 3 aromatic rings. The summed E-state index contributed by atoms with van der Waals surface area (Å²) in [5, 5.41) is 12.5. The lowest BCUT2D eigenvalue weighted by atomic mass is 10.2. The van der Waals surface area contributed by atoms with Crippen molar-refractivity contribution in [1.29, 1.82) is 0 Å². The van der Waals surface area contributed by atoms with Crippen molar-refractivity contribution in [3.63, 3.8) is 0 Å². The lowest BCUT2D eigenvalue weighted by molar-refractivity contribution is -0.113. The number of carbonyl (C=O) groups is 1. The van der Waals surface area contributed by atoms with Gasteiger partial charge in [-0.2, -0.15) is 0 Å². The minimum atomic E-state index is -0.361. The molecule has 0 aliphatic carbocycles. The highest BCUT2D eigenvalue weighted by Gasteiger charge is 2.16. The second-order valence-corrected chi connectivity index (χ2v) is 7.43. The molecule has 9 heteroatoms. The number of hydrogen-bond acceptors (Lipinski definition) is 4. The first kappa shape index (κ1) is 20.4. The molecule has 0 radical (unpaired) electrons. The van der Waals surface area contributed by atoms with Gasteiger partial charge in [0.05, 0.1) is 15.8 Å². The van der Waals surface area contributed by atoms with Crippen LogP contribution in [0.1, 0.15) is 0 Å². The first-order chi connectivity index (χ1) is 13.5. The van der Waals surface area contributed by atoms with Gasteiger partial charge in [-0.15, -0.1) is 16.8 Å². The largest absolute Gasteiger partial charge is 0.325 e. The Morgan fingerprint density at radius 3 is 2.61 bits per heavy atom. The molecule has 2 aromatic carbocycles. The second-order valence-electron chi connectivity index (χ2n) is 5.68. The first-order valence-corrected chi connectivity index (χ1v) is 9.90. The van der Waals surface area contributed by atoms with E-state index in [2.05, 4.69) is 22.1 Å². The Kier molecular flexibility index (Phi) is 6.72. The lowest BCUT2D eigenvalue weighted by Gasteiger charge is -2.09. The van der Waals surface area contributed by atoms with E-state index in [0.717, 1.165) is 5.56 Å². The van der Waals surface area contributed by atoms with Crippen LogP contribution in [0, 0.1) is 5.82 Å². The van der Waals surface area contributed by atoms with Crippen LogP contribution < -0.4 is 5.32 Å². The minimum Gasteiger partial charge on any atom is -0.325 e. The van der Waals surface area contributed by atoms with Crippen LogP contribution in [0.5, 0.6) is 0 Å². The fourth-order valence-electron chi connectivity index (χ4n) is 2.40. The van der Waals surface area contributed by atoms with E-state index in [4.69, 9.17) is 23.2 Å². The zero-order valence-corrected chi connectivity index (χ0v) is 16.9. The normalized spacial score (nSPS) is 10.7. The molecular weight excluding hydrogens is 422 g/mol. The van der Waals surface area contributed by atoms with Gasteiger partial charge in [0.2, 0.25) is 5.91 Å². The number of aromatic nitrogens is 3. The molecule has 1 heterocycles. The zero-order chi connectivity index (χ0) is 20.1. The van der Waals surface area contributed by atoms with Gasteiger partial charge in [-0.05, 0) is 42.5 Å². The highest BCUT2D eigenvalue weighted by molar-refractivity contribution is 7.99. The maximum atomic E-state index is 12.9. The van der Waals surface area contributed by atoms with Crippen molar-refractivity contribution in [2.24, 2.45) is 0 Å². The van der Waals surface area contributed by atoms with Crippen molar-refractivity contribution in [2.75, 3.05) is 11.1 Å². The lowest BCUT2D eigenvalue weighted by Crippen LogP contribution is -2.14. The van der Waals surface area contributed by atoms with Crippen LogP contribution in [0.3, 0.4) is 0 Å². The van der Waals surface area contributed by atoms with Crippen molar-refractivity contribution < 1.29 is 9.18 Å². The number of nitrogens with one attached hydrogen (secondary N) is 1. The summed E-state index contributed by atoms with van der Waals surface area (Å²) in [5.74, 6) is 0.120. The van der Waals surface area contributed by atoms with E-state index < -0.39 is 0 Å². The summed E-state index contributed by atoms with van der Waals surface area (Å²) in [6.07, 6.45) is 1.72. The Morgan fingerprint density at radius 1 is 1.18 bits per heavy atom. The van der Waals surface area contributed by atoms with E-state index in [1.807, 2.05) is 4.57 Å².